The van der Waals surface area contributed by atoms with Gasteiger partial charge < -0.3 is 21.3 Å². The van der Waals surface area contributed by atoms with Gasteiger partial charge in [0.15, 0.2) is 0 Å². The van der Waals surface area contributed by atoms with Crippen LogP contribution in [0.1, 0.15) is 39.0 Å². The van der Waals surface area contributed by atoms with Crippen molar-refractivity contribution in [1.29, 1.82) is 0 Å². The molecular weight excluding hydrogens is 212 g/mol. The van der Waals surface area contributed by atoms with E-state index in [0.29, 0.717) is 12.8 Å². The third kappa shape index (κ3) is 8.05. The number of hydrogen-bond acceptors (Lipinski definition) is 3. The Kier molecular flexibility index (Phi) is 7.28. The fourth-order valence-electron chi connectivity index (χ4n) is 1.44. The normalized spacial score (nSPS) is 14.1. The highest BCUT2D eigenvalue weighted by molar-refractivity contribution is 5.66. The Bertz CT molecular complexity index is 231. The van der Waals surface area contributed by atoms with Crippen molar-refractivity contribution in [2.24, 2.45) is 5.73 Å². The maximum Gasteiger partial charge on any atom is 0.404 e. The first kappa shape index (κ1) is 14.7. The predicted molar refractivity (Wildman–Crippen MR) is 59.3 cm³/mol. The summed E-state index contributed by atoms with van der Waals surface area (Å²) in [6.45, 7) is 1.75. The lowest BCUT2D eigenvalue weighted by Gasteiger charge is -2.20. The Morgan fingerprint density at radius 1 is 1.25 bits per heavy atom. The van der Waals surface area contributed by atoms with Gasteiger partial charge in [0.05, 0.1) is 0 Å². The van der Waals surface area contributed by atoms with Crippen molar-refractivity contribution in [3.8, 4) is 0 Å². The van der Waals surface area contributed by atoms with Crippen LogP contribution in [0.4, 0.5) is 4.79 Å². The largest absolute Gasteiger partial charge is 0.481 e. The standard InChI is InChI=1S/C10H20N2O4/c1-7(11)8(12-10(15)16)5-3-2-4-6-9(13)14/h7-8,12H,2-6,11H2,1H3,(H,13,14)(H,15,16)/t7-,8+/m0/s1. The van der Waals surface area contributed by atoms with E-state index >= 15 is 0 Å². The Hall–Kier alpha value is -1.30. The molecule has 0 spiro atoms. The van der Waals surface area contributed by atoms with Gasteiger partial charge in [-0.05, 0) is 19.8 Å². The van der Waals surface area contributed by atoms with Crippen LogP contribution >= 0.6 is 0 Å². The molecule has 0 radical (unpaired) electrons. The Morgan fingerprint density at radius 2 is 1.88 bits per heavy atom. The first-order valence-electron chi connectivity index (χ1n) is 5.40. The number of carbonyl (C=O) groups is 2. The first-order chi connectivity index (χ1) is 7.43. The van der Waals surface area contributed by atoms with E-state index in [-0.39, 0.29) is 18.5 Å². The number of hydrogen-bond donors (Lipinski definition) is 4. The molecule has 0 aliphatic carbocycles. The summed E-state index contributed by atoms with van der Waals surface area (Å²) >= 11 is 0. The van der Waals surface area contributed by atoms with E-state index in [9.17, 15) is 9.59 Å². The van der Waals surface area contributed by atoms with Crippen LogP contribution in [0.5, 0.6) is 0 Å². The van der Waals surface area contributed by atoms with Crippen molar-refractivity contribution in [2.75, 3.05) is 0 Å². The number of unbranched alkanes of at least 4 members (excludes halogenated alkanes) is 2. The van der Waals surface area contributed by atoms with E-state index in [1.165, 1.54) is 0 Å². The van der Waals surface area contributed by atoms with Crippen LogP contribution in [-0.2, 0) is 4.79 Å². The predicted octanol–water partition coefficient (Wildman–Crippen LogP) is 1.00. The topological polar surface area (TPSA) is 113 Å². The lowest BCUT2D eigenvalue weighted by atomic mass is 10.0. The average molecular weight is 232 g/mol. The molecule has 6 nitrogen and oxygen atoms in total. The minimum absolute atomic E-state index is 0.162. The summed E-state index contributed by atoms with van der Waals surface area (Å²) in [5.41, 5.74) is 5.63. The lowest BCUT2D eigenvalue weighted by Crippen LogP contribution is -2.45. The van der Waals surface area contributed by atoms with Crippen LogP contribution in [0.2, 0.25) is 0 Å². The van der Waals surface area contributed by atoms with Gasteiger partial charge in [-0.2, -0.15) is 0 Å². The second kappa shape index (κ2) is 7.92. The molecular formula is C10H20N2O4. The van der Waals surface area contributed by atoms with Crippen molar-refractivity contribution in [3.63, 3.8) is 0 Å². The van der Waals surface area contributed by atoms with Gasteiger partial charge in [0.25, 0.3) is 0 Å². The second-order valence-electron chi connectivity index (χ2n) is 3.91. The number of carboxylic acids is 1. The molecule has 0 aromatic carbocycles. The summed E-state index contributed by atoms with van der Waals surface area (Å²) < 4.78 is 0. The van der Waals surface area contributed by atoms with Gasteiger partial charge in [-0.3, -0.25) is 4.79 Å². The molecule has 5 N–H and O–H groups in total. The second-order valence-corrected chi connectivity index (χ2v) is 3.91. The molecule has 0 bridgehead atoms. The average Bonchev–Trinajstić information content (AvgIpc) is 2.14. The molecule has 0 saturated heterocycles. The first-order valence-corrected chi connectivity index (χ1v) is 5.40. The molecule has 0 heterocycles. The van der Waals surface area contributed by atoms with E-state index in [2.05, 4.69) is 5.32 Å². The van der Waals surface area contributed by atoms with Crippen molar-refractivity contribution >= 4 is 12.1 Å². The van der Waals surface area contributed by atoms with Crippen LogP contribution < -0.4 is 11.1 Å². The minimum atomic E-state index is -1.08. The van der Waals surface area contributed by atoms with Crippen LogP contribution in [0, 0.1) is 0 Å². The number of aliphatic carboxylic acids is 1. The molecule has 0 saturated carbocycles. The number of rotatable bonds is 8. The molecule has 1 amide bonds. The molecule has 6 heteroatoms. The van der Waals surface area contributed by atoms with Gasteiger partial charge >= 0.3 is 12.1 Å². The summed E-state index contributed by atoms with van der Waals surface area (Å²) in [6.07, 6.45) is 1.90. The fraction of sp³-hybridized carbons (Fsp3) is 0.800. The summed E-state index contributed by atoms with van der Waals surface area (Å²) in [7, 11) is 0. The maximum atomic E-state index is 10.4. The van der Waals surface area contributed by atoms with Gasteiger partial charge in [-0.1, -0.05) is 12.8 Å². The number of amides is 1. The zero-order chi connectivity index (χ0) is 12.6. The van der Waals surface area contributed by atoms with Crippen molar-refractivity contribution in [3.05, 3.63) is 0 Å². The van der Waals surface area contributed by atoms with Gasteiger partial charge in [-0.25, -0.2) is 4.79 Å². The highest BCUT2D eigenvalue weighted by Crippen LogP contribution is 2.07. The van der Waals surface area contributed by atoms with Crippen LogP contribution in [-0.4, -0.2) is 34.4 Å². The molecule has 0 aliphatic rings. The quantitative estimate of drug-likeness (QED) is 0.466. The van der Waals surface area contributed by atoms with Gasteiger partial charge in [0.1, 0.15) is 0 Å². The molecule has 94 valence electrons. The van der Waals surface area contributed by atoms with Crippen molar-refractivity contribution in [2.45, 2.75) is 51.1 Å². The highest BCUT2D eigenvalue weighted by atomic mass is 16.4. The Morgan fingerprint density at radius 3 is 2.31 bits per heavy atom. The van der Waals surface area contributed by atoms with Crippen molar-refractivity contribution in [1.82, 2.24) is 5.32 Å². The number of carboxylic acid groups (broad SMARTS) is 2. The summed E-state index contributed by atoms with van der Waals surface area (Å²) in [5, 5.41) is 19.3. The molecule has 0 fully saturated rings. The van der Waals surface area contributed by atoms with Gasteiger partial charge in [0.2, 0.25) is 0 Å². The lowest BCUT2D eigenvalue weighted by molar-refractivity contribution is -0.137. The fourth-order valence-corrected chi connectivity index (χ4v) is 1.44. The van der Waals surface area contributed by atoms with Crippen molar-refractivity contribution < 1.29 is 19.8 Å². The molecule has 16 heavy (non-hydrogen) atoms. The monoisotopic (exact) mass is 232 g/mol. The highest BCUT2D eigenvalue weighted by Gasteiger charge is 2.15. The number of nitrogens with two attached hydrogens (primary N) is 1. The van der Waals surface area contributed by atoms with Gasteiger partial charge in [-0.15, -0.1) is 0 Å². The number of nitrogens with one attached hydrogen (secondary N) is 1. The van der Waals surface area contributed by atoms with Crippen LogP contribution in [0.15, 0.2) is 0 Å². The molecule has 0 rings (SSSR count). The smallest absolute Gasteiger partial charge is 0.404 e. The molecule has 2 atom stereocenters. The zero-order valence-corrected chi connectivity index (χ0v) is 9.48. The van der Waals surface area contributed by atoms with Crippen LogP contribution in [0.25, 0.3) is 0 Å². The third-order valence-corrected chi connectivity index (χ3v) is 2.35. The Balaban J connectivity index is 3.68. The summed E-state index contributed by atoms with van der Waals surface area (Å²) in [6, 6.07) is -0.502. The SMILES string of the molecule is C[C@H](N)[C@@H](CCCCCC(=O)O)NC(=O)O. The van der Waals surface area contributed by atoms with E-state index in [0.717, 1.165) is 12.8 Å². The zero-order valence-electron chi connectivity index (χ0n) is 9.48. The van der Waals surface area contributed by atoms with Gasteiger partial charge in [0, 0.05) is 18.5 Å². The molecule has 0 unspecified atom stereocenters. The Labute approximate surface area is 94.8 Å². The minimum Gasteiger partial charge on any atom is -0.481 e. The molecule has 0 aromatic heterocycles. The van der Waals surface area contributed by atoms with E-state index < -0.39 is 12.1 Å². The maximum absolute atomic E-state index is 10.4. The summed E-state index contributed by atoms with van der Waals surface area (Å²) in [5.74, 6) is -0.799. The van der Waals surface area contributed by atoms with E-state index in [1.54, 1.807) is 6.92 Å². The summed E-state index contributed by atoms with van der Waals surface area (Å²) in [4.78, 5) is 20.7. The van der Waals surface area contributed by atoms with E-state index in [4.69, 9.17) is 15.9 Å². The van der Waals surface area contributed by atoms with Crippen LogP contribution in [0.3, 0.4) is 0 Å². The third-order valence-electron chi connectivity index (χ3n) is 2.35. The molecule has 0 aromatic rings. The van der Waals surface area contributed by atoms with E-state index in [1.807, 2.05) is 0 Å². The molecule has 0 aliphatic heterocycles.